The van der Waals surface area contributed by atoms with E-state index in [1.807, 2.05) is 6.20 Å². The summed E-state index contributed by atoms with van der Waals surface area (Å²) < 4.78 is 2.06. The highest BCUT2D eigenvalue weighted by molar-refractivity contribution is 6.07. The number of aliphatic hydroxyl groups excluding tert-OH is 1. The summed E-state index contributed by atoms with van der Waals surface area (Å²) in [7, 11) is 0. The van der Waals surface area contributed by atoms with E-state index in [1.165, 1.54) is 5.56 Å². The number of aryl methyl sites for hydroxylation is 1. The Hall–Kier alpha value is -1.61. The van der Waals surface area contributed by atoms with E-state index in [0.717, 1.165) is 23.0 Å². The van der Waals surface area contributed by atoms with E-state index in [2.05, 4.69) is 36.6 Å². The smallest absolute Gasteiger partial charge is 0.161 e. The molecule has 1 heterocycles. The number of aliphatic hydroxyl groups is 1. The second-order valence-electron chi connectivity index (χ2n) is 5.30. The molecular formula is C16H21NO2. The van der Waals surface area contributed by atoms with E-state index in [1.54, 1.807) is 6.92 Å². The van der Waals surface area contributed by atoms with Gasteiger partial charge >= 0.3 is 0 Å². The van der Waals surface area contributed by atoms with Gasteiger partial charge in [-0.15, -0.1) is 0 Å². The zero-order valence-corrected chi connectivity index (χ0v) is 11.8. The fourth-order valence-corrected chi connectivity index (χ4v) is 2.38. The van der Waals surface area contributed by atoms with Crippen LogP contribution in [0.4, 0.5) is 0 Å². The Morgan fingerprint density at radius 2 is 2.11 bits per heavy atom. The van der Waals surface area contributed by atoms with Crippen LogP contribution >= 0.6 is 0 Å². The van der Waals surface area contributed by atoms with Crippen molar-refractivity contribution in [2.75, 3.05) is 6.61 Å². The fraction of sp³-hybridized carbons (Fsp3) is 0.438. The molecule has 3 nitrogen and oxygen atoms in total. The third-order valence-corrected chi connectivity index (χ3v) is 3.51. The predicted octanol–water partition coefficient (Wildman–Crippen LogP) is 3.35. The van der Waals surface area contributed by atoms with Crippen LogP contribution in [-0.2, 0) is 6.54 Å². The van der Waals surface area contributed by atoms with Gasteiger partial charge in [-0.25, -0.2) is 0 Å². The standard InChI is InChI=1S/C16H21NO2/c1-11(2)13-5-6-16-14(9-13)15(12(3)19)10-17(16)7-4-8-18/h5-6,9-11,18H,4,7-8H2,1-3H3. The fourth-order valence-electron chi connectivity index (χ4n) is 2.38. The molecule has 0 saturated carbocycles. The van der Waals surface area contributed by atoms with Crippen molar-refractivity contribution in [2.24, 2.45) is 0 Å². The van der Waals surface area contributed by atoms with Gasteiger partial charge in [-0.3, -0.25) is 4.79 Å². The van der Waals surface area contributed by atoms with E-state index in [4.69, 9.17) is 5.11 Å². The van der Waals surface area contributed by atoms with Crippen LogP contribution in [0, 0.1) is 0 Å². The van der Waals surface area contributed by atoms with E-state index < -0.39 is 0 Å². The predicted molar refractivity (Wildman–Crippen MR) is 77.7 cm³/mol. The maximum absolute atomic E-state index is 11.8. The van der Waals surface area contributed by atoms with Gasteiger partial charge in [-0.2, -0.15) is 0 Å². The second-order valence-corrected chi connectivity index (χ2v) is 5.30. The lowest BCUT2D eigenvalue weighted by Crippen LogP contribution is -1.98. The molecule has 102 valence electrons. The first-order valence-electron chi connectivity index (χ1n) is 6.79. The molecule has 0 aliphatic rings. The van der Waals surface area contributed by atoms with Crippen LogP contribution in [0.5, 0.6) is 0 Å². The van der Waals surface area contributed by atoms with Crippen LogP contribution < -0.4 is 0 Å². The Labute approximate surface area is 113 Å². The molecule has 2 aromatic rings. The minimum absolute atomic E-state index is 0.0913. The summed E-state index contributed by atoms with van der Waals surface area (Å²) in [5.74, 6) is 0.540. The summed E-state index contributed by atoms with van der Waals surface area (Å²) in [5, 5.41) is 9.98. The lowest BCUT2D eigenvalue weighted by atomic mass is 10.00. The van der Waals surface area contributed by atoms with E-state index in [-0.39, 0.29) is 12.4 Å². The second kappa shape index (κ2) is 5.57. The minimum Gasteiger partial charge on any atom is -0.396 e. The van der Waals surface area contributed by atoms with Crippen molar-refractivity contribution in [2.45, 2.75) is 39.7 Å². The third-order valence-electron chi connectivity index (χ3n) is 3.51. The Kier molecular flexibility index (Phi) is 4.05. The number of hydrogen-bond acceptors (Lipinski definition) is 2. The average Bonchev–Trinajstić information content (AvgIpc) is 2.74. The van der Waals surface area contributed by atoms with Crippen molar-refractivity contribution in [1.82, 2.24) is 4.57 Å². The molecule has 0 aliphatic carbocycles. The van der Waals surface area contributed by atoms with Gasteiger partial charge in [-0.1, -0.05) is 19.9 Å². The SMILES string of the molecule is CC(=O)c1cn(CCCO)c2ccc(C(C)C)cc12. The van der Waals surface area contributed by atoms with Crippen molar-refractivity contribution < 1.29 is 9.90 Å². The van der Waals surface area contributed by atoms with Gasteiger partial charge in [0.2, 0.25) is 0 Å². The number of fused-ring (bicyclic) bond motifs is 1. The molecular weight excluding hydrogens is 238 g/mol. The Morgan fingerprint density at radius 1 is 1.37 bits per heavy atom. The van der Waals surface area contributed by atoms with E-state index >= 15 is 0 Å². The van der Waals surface area contributed by atoms with Gasteiger partial charge in [-0.05, 0) is 37.0 Å². The van der Waals surface area contributed by atoms with Gasteiger partial charge in [0.15, 0.2) is 5.78 Å². The van der Waals surface area contributed by atoms with Gasteiger partial charge in [0.05, 0.1) is 0 Å². The van der Waals surface area contributed by atoms with Gasteiger partial charge in [0.25, 0.3) is 0 Å². The molecule has 0 amide bonds. The van der Waals surface area contributed by atoms with Crippen LogP contribution in [-0.4, -0.2) is 22.1 Å². The van der Waals surface area contributed by atoms with E-state index in [0.29, 0.717) is 12.3 Å². The topological polar surface area (TPSA) is 42.2 Å². The average molecular weight is 259 g/mol. The minimum atomic E-state index is 0.0913. The van der Waals surface area contributed by atoms with Crippen LogP contribution in [0.3, 0.4) is 0 Å². The number of rotatable bonds is 5. The lowest BCUT2D eigenvalue weighted by Gasteiger charge is -2.07. The highest BCUT2D eigenvalue weighted by Crippen LogP contribution is 2.26. The molecule has 0 bridgehead atoms. The molecule has 3 heteroatoms. The number of carbonyl (C=O) groups is 1. The first-order chi connectivity index (χ1) is 9.04. The van der Waals surface area contributed by atoms with Crippen molar-refractivity contribution in [3.8, 4) is 0 Å². The third kappa shape index (κ3) is 2.71. The van der Waals surface area contributed by atoms with E-state index in [9.17, 15) is 4.79 Å². The Morgan fingerprint density at radius 3 is 2.68 bits per heavy atom. The van der Waals surface area contributed by atoms with Gasteiger partial charge < -0.3 is 9.67 Å². The highest BCUT2D eigenvalue weighted by atomic mass is 16.3. The molecule has 2 rings (SSSR count). The molecule has 1 aromatic carbocycles. The number of carbonyl (C=O) groups excluding carboxylic acids is 1. The quantitative estimate of drug-likeness (QED) is 0.837. The maximum atomic E-state index is 11.8. The number of benzene rings is 1. The molecule has 0 spiro atoms. The van der Waals surface area contributed by atoms with Crippen molar-refractivity contribution in [3.05, 3.63) is 35.5 Å². The van der Waals surface area contributed by atoms with Crippen molar-refractivity contribution in [1.29, 1.82) is 0 Å². The molecule has 0 aliphatic heterocycles. The van der Waals surface area contributed by atoms with Crippen LogP contribution in [0.15, 0.2) is 24.4 Å². The lowest BCUT2D eigenvalue weighted by molar-refractivity contribution is 0.101. The summed E-state index contributed by atoms with van der Waals surface area (Å²) in [6.45, 7) is 6.81. The monoisotopic (exact) mass is 259 g/mol. The van der Waals surface area contributed by atoms with Crippen LogP contribution in [0.2, 0.25) is 0 Å². The first-order valence-corrected chi connectivity index (χ1v) is 6.79. The summed E-state index contributed by atoms with van der Waals surface area (Å²) in [6.07, 6.45) is 2.61. The molecule has 0 fully saturated rings. The number of nitrogens with zero attached hydrogens (tertiary/aromatic N) is 1. The molecule has 1 N–H and O–H groups in total. The number of Topliss-reactive ketones (excluding diaryl/α,β-unsaturated/α-hetero) is 1. The summed E-state index contributed by atoms with van der Waals surface area (Å²) >= 11 is 0. The first kappa shape index (κ1) is 13.8. The zero-order valence-electron chi connectivity index (χ0n) is 11.8. The van der Waals surface area contributed by atoms with Gasteiger partial charge in [0.1, 0.15) is 0 Å². The van der Waals surface area contributed by atoms with Crippen molar-refractivity contribution >= 4 is 16.7 Å². The van der Waals surface area contributed by atoms with Crippen LogP contribution in [0.1, 0.15) is 49.0 Å². The molecule has 1 aromatic heterocycles. The zero-order chi connectivity index (χ0) is 14.0. The van der Waals surface area contributed by atoms with Crippen LogP contribution in [0.25, 0.3) is 10.9 Å². The normalized spacial score (nSPS) is 11.4. The Balaban J connectivity index is 2.57. The summed E-state index contributed by atoms with van der Waals surface area (Å²) in [5.41, 5.74) is 3.09. The number of hydrogen-bond donors (Lipinski definition) is 1. The maximum Gasteiger partial charge on any atom is 0.161 e. The highest BCUT2D eigenvalue weighted by Gasteiger charge is 2.13. The molecule has 0 saturated heterocycles. The molecule has 0 atom stereocenters. The summed E-state index contributed by atoms with van der Waals surface area (Å²) in [4.78, 5) is 11.8. The number of aromatic nitrogens is 1. The molecule has 19 heavy (non-hydrogen) atoms. The summed E-state index contributed by atoms with van der Waals surface area (Å²) in [6, 6.07) is 6.31. The molecule has 0 radical (unpaired) electrons. The Bertz CT molecular complexity index is 596. The van der Waals surface area contributed by atoms with Gasteiger partial charge in [0, 0.05) is 35.8 Å². The number of ketones is 1. The van der Waals surface area contributed by atoms with Crippen molar-refractivity contribution in [3.63, 3.8) is 0 Å². The molecule has 0 unspecified atom stereocenters. The largest absolute Gasteiger partial charge is 0.396 e.